The van der Waals surface area contributed by atoms with Crippen molar-refractivity contribution < 1.29 is 125 Å². The van der Waals surface area contributed by atoms with Crippen LogP contribution in [0.25, 0.3) is 62.5 Å². The number of hydrogen-bond donors (Lipinski definition) is 0. The van der Waals surface area contributed by atoms with Crippen LogP contribution in [0.15, 0.2) is 233 Å². The summed E-state index contributed by atoms with van der Waals surface area (Å²) >= 11 is -18.7. The molecular weight excluding hydrogens is 2080 g/mol. The first-order valence-corrected chi connectivity index (χ1v) is 49.7. The standard InChI is InChI=1S/C34H18F6N4O5S2.C34H21F3N4O5S2.C32H15F9N4OS2/c1-17-4-6-18(7-5-17)28-25(32(43-2)44-3)13-23-26(16-50(45)46)29-24(31(30(23)28)51(47,48)34(38,39)40)12-22(20(14-41)15-42)27(29)19-8-10-21(11-9-19)49-33(35,36)37;1-18-5-7-19(8-6-18)29-26(33(40-2)41-3)14-24-27(17-47(42)43)30-25(32(31(24)29)48(4,44)45)13-23(21(15-38)16-39)28(30)20-9-11-22(12-10-20)46-34(35,36)37;1-16-4-6-17(7-5-16)26-24(31(44-2)45-3)13-23-28(26)29(47(36,37)38)22-12-21(19(14-42)15-43)25(27(22)30(23)48(39,40)41)18-8-10-20(11-9-18)46-32(33,34)35/h4-11H,12-13,16H2,1H3,(H,45,46);5-12H,13-14,17H2,1,4H3,(H,42,43);4-11H,12-13H2,1H3/p-2. The average Bonchev–Trinajstić information content (AvgIpc) is 1.55. The van der Waals surface area contributed by atoms with Gasteiger partial charge in [-0.3, -0.25) is 8.42 Å². The maximum absolute atomic E-state index is 15.4. The summed E-state index contributed by atoms with van der Waals surface area (Å²) in [6.07, 6.45) is -17.9. The fraction of sp³-hybridized carbons (Fsp3) is 0.160. The average molecular weight is 2130 g/mol. The van der Waals surface area contributed by atoms with Crippen LogP contribution in [0, 0.1) is 128 Å². The number of sulfone groups is 2. The molecule has 0 heterocycles. The molecule has 0 spiro atoms. The van der Waals surface area contributed by atoms with Crippen molar-refractivity contribution in [2.24, 2.45) is 0 Å². The van der Waals surface area contributed by atoms with Crippen molar-refractivity contribution in [2.75, 3.05) is 6.26 Å². The Morgan fingerprint density at radius 3 is 0.755 bits per heavy atom. The molecule has 2 atom stereocenters. The second-order valence-electron chi connectivity index (χ2n) is 32.3. The SMILES string of the molecule is [C-]#[N+]C([N+]#[C-])=C1Cc2c(CS(=O)[O-])c3c(c(S(=O)(=O)C(F)(F)F)c2=C1c1ccc(C)cc1)CC(=C(C#N)C#N)C=3c1ccc(OC(F)(F)F)cc1.[C-]#[N+]C([N+]#[C-])=C1Cc2c(CS(=O)[O-])c3c(c(S(C)(=O)=O)c2=C1c1ccc(C)cc1)CC(=C(C#N)C#N)C=3c1ccc(OC(F)(F)F)cc1.[C-]#[N+]C([N+]#[C-])=C1Cc2c(S(F)(F)F)c3c(c(S(F)(F)F)c2=C1c1ccc(C)cc1)CC(=C(C#N)C#N)C=3c1ccc(OC(F)(F)F)cc1. The van der Waals surface area contributed by atoms with Gasteiger partial charge in [-0.15, -0.1) is 62.8 Å². The van der Waals surface area contributed by atoms with Gasteiger partial charge in [0, 0.05) is 57.9 Å². The number of alkyl halides is 12. The van der Waals surface area contributed by atoms with E-state index in [-0.39, 0.29) is 145 Å². The lowest BCUT2D eigenvalue weighted by Gasteiger charge is -2.22. The highest BCUT2D eigenvalue weighted by Crippen LogP contribution is 2.66. The van der Waals surface area contributed by atoms with E-state index in [2.05, 4.69) is 43.3 Å². The van der Waals surface area contributed by atoms with Gasteiger partial charge in [-0.1, -0.05) is 148 Å². The number of hydrogen-bond acceptors (Lipinski definition) is 17. The first kappa shape index (κ1) is 108. The maximum atomic E-state index is 15.4. The molecule has 742 valence electrons. The fourth-order valence-corrected chi connectivity index (χ4v) is 23.8. The Morgan fingerprint density at radius 1 is 0.333 bits per heavy atom. The smallest absolute Gasteiger partial charge is 0.573 e. The van der Waals surface area contributed by atoms with Crippen LogP contribution in [0.5, 0.6) is 17.2 Å². The molecule has 15 rings (SSSR count). The molecule has 47 heteroatoms. The quantitative estimate of drug-likeness (QED) is 0.0354. The summed E-state index contributed by atoms with van der Waals surface area (Å²) in [5.41, 5.74) is -9.70. The lowest BCUT2D eigenvalue weighted by atomic mass is 9.94. The summed E-state index contributed by atoms with van der Waals surface area (Å²) in [7, 11) is -10.6. The zero-order valence-corrected chi connectivity index (χ0v) is 79.5. The van der Waals surface area contributed by atoms with Gasteiger partial charge in [0.15, 0.2) is 9.84 Å². The molecule has 6 aliphatic rings. The minimum absolute atomic E-state index is 0.0417. The molecule has 2 unspecified atom stereocenters. The molecule has 0 aliphatic heterocycles. The molecule has 23 nitrogen and oxygen atoms in total. The Hall–Kier alpha value is -16.5. The van der Waals surface area contributed by atoms with E-state index in [0.717, 1.165) is 72.5 Å². The van der Waals surface area contributed by atoms with Gasteiger partial charge in [0.2, 0.25) is 22.4 Å². The molecule has 9 aromatic rings. The zero-order valence-electron chi connectivity index (χ0n) is 74.6. The zero-order chi connectivity index (χ0) is 108. The van der Waals surface area contributed by atoms with Crippen LogP contribution in [-0.2, 0) is 91.9 Å². The normalized spacial score (nSPS) is 14.5. The van der Waals surface area contributed by atoms with Crippen LogP contribution < -0.4 is 45.5 Å². The Labute approximate surface area is 831 Å². The molecule has 0 bridgehead atoms. The first-order chi connectivity index (χ1) is 68.9. The van der Waals surface area contributed by atoms with Gasteiger partial charge in [0.25, 0.3) is 9.84 Å². The minimum atomic E-state index is -6.46. The summed E-state index contributed by atoms with van der Waals surface area (Å²) in [5.74, 6) is -5.33. The van der Waals surface area contributed by atoms with E-state index in [0.29, 0.717) is 16.7 Å². The number of aryl methyl sites for hydroxylation is 3. The van der Waals surface area contributed by atoms with Crippen LogP contribution in [0.1, 0.15) is 94.6 Å². The van der Waals surface area contributed by atoms with Crippen molar-refractivity contribution in [2.45, 2.75) is 115 Å². The predicted octanol–water partition coefficient (Wildman–Crippen LogP) is 19.5. The Bertz CT molecular complexity index is 8740. The van der Waals surface area contributed by atoms with Gasteiger partial charge >= 0.3 is 42.1 Å². The molecule has 0 saturated carbocycles. The summed E-state index contributed by atoms with van der Waals surface area (Å²) in [4.78, 5) is 15.0. The third-order valence-corrected chi connectivity index (χ3v) is 29.3. The van der Waals surface area contributed by atoms with E-state index in [1.54, 1.807) is 74.5 Å². The van der Waals surface area contributed by atoms with Crippen LogP contribution >= 0.6 is 22.4 Å². The van der Waals surface area contributed by atoms with Gasteiger partial charge in [-0.2, -0.15) is 73.8 Å². The first-order valence-electron chi connectivity index (χ1n) is 41.2. The van der Waals surface area contributed by atoms with Crippen LogP contribution in [0.4, 0.5) is 76.0 Å². The molecule has 0 radical (unpaired) electrons. The summed E-state index contributed by atoms with van der Waals surface area (Å²) in [6, 6.07) is 40.0. The van der Waals surface area contributed by atoms with E-state index in [1.165, 1.54) is 60.7 Å². The molecular formula is C100H52F18N12O11S6-2. The molecule has 6 aliphatic carbocycles. The molecule has 0 aromatic heterocycles. The van der Waals surface area contributed by atoms with Crippen molar-refractivity contribution in [3.8, 4) is 53.7 Å². The van der Waals surface area contributed by atoms with E-state index in [9.17, 15) is 119 Å². The number of ether oxygens (including phenoxy) is 3. The number of nitriles is 6. The summed E-state index contributed by atoms with van der Waals surface area (Å²) in [5, 5.41) is 56.3. The van der Waals surface area contributed by atoms with Crippen LogP contribution in [0.3, 0.4) is 0 Å². The van der Waals surface area contributed by atoms with E-state index in [4.69, 9.17) is 39.4 Å². The third kappa shape index (κ3) is 21.1. The van der Waals surface area contributed by atoms with E-state index < -0.39 is 235 Å². The number of benzene rings is 9. The third-order valence-electron chi connectivity index (χ3n) is 23.7. The van der Waals surface area contributed by atoms with Gasteiger partial charge in [0.05, 0.1) is 36.3 Å². The molecule has 0 N–H and O–H groups in total. The van der Waals surface area contributed by atoms with Crippen molar-refractivity contribution in [3.05, 3.63) is 408 Å². The fourth-order valence-electron chi connectivity index (χ4n) is 18.4. The molecule has 147 heavy (non-hydrogen) atoms. The Balaban J connectivity index is 0.000000184. The second-order valence-corrected chi connectivity index (χ2v) is 40.3. The highest BCUT2D eigenvalue weighted by Gasteiger charge is 2.53. The van der Waals surface area contributed by atoms with Gasteiger partial charge < -0.3 is 23.3 Å². The number of nitrogens with zero attached hydrogens (tertiary/aromatic N) is 12. The van der Waals surface area contributed by atoms with Gasteiger partial charge in [0.1, 0.15) is 110 Å². The molecule has 0 saturated heterocycles. The number of allylic oxidation sites excluding steroid dienone is 9. The molecule has 0 amide bonds. The summed E-state index contributed by atoms with van der Waals surface area (Å²) < 4.78 is 369. The molecule has 0 fully saturated rings. The van der Waals surface area contributed by atoms with Crippen LogP contribution in [-0.4, -0.2) is 65.2 Å². The van der Waals surface area contributed by atoms with Crippen LogP contribution in [0.2, 0.25) is 0 Å². The molecule has 9 aromatic carbocycles. The minimum Gasteiger partial charge on any atom is -0.772 e. The van der Waals surface area contributed by atoms with Crippen molar-refractivity contribution in [1.82, 2.24) is 0 Å². The van der Waals surface area contributed by atoms with Crippen molar-refractivity contribution >= 4 is 97.6 Å². The van der Waals surface area contributed by atoms with Gasteiger partial charge in [-0.05, 0) is 215 Å². The summed E-state index contributed by atoms with van der Waals surface area (Å²) in [6.45, 7) is 50.8. The highest BCUT2D eigenvalue weighted by atomic mass is 32.3. The van der Waals surface area contributed by atoms with Crippen molar-refractivity contribution in [1.29, 1.82) is 31.6 Å². The second kappa shape index (κ2) is 40.9. The van der Waals surface area contributed by atoms with E-state index in [1.807, 2.05) is 6.92 Å². The monoisotopic (exact) mass is 2130 g/mol. The van der Waals surface area contributed by atoms with Crippen molar-refractivity contribution in [3.63, 3.8) is 0 Å². The lowest BCUT2D eigenvalue weighted by molar-refractivity contribution is -0.275. The number of fused-ring (bicyclic) bond motifs is 6. The lowest BCUT2D eigenvalue weighted by Crippen LogP contribution is -2.36. The Morgan fingerprint density at radius 2 is 0.537 bits per heavy atom. The predicted molar refractivity (Wildman–Crippen MR) is 493 cm³/mol. The largest absolute Gasteiger partial charge is 0.772 e. The topological polar surface area (TPSA) is 345 Å². The van der Waals surface area contributed by atoms with E-state index >= 15 is 23.3 Å². The maximum Gasteiger partial charge on any atom is 0.573 e. The number of rotatable bonds is 17. The number of halogens is 18. The van der Waals surface area contributed by atoms with Gasteiger partial charge in [-0.25, -0.2) is 16.8 Å². The highest BCUT2D eigenvalue weighted by molar-refractivity contribution is 8.21. The Kier molecular flexibility index (Phi) is 30.0.